The second-order valence-electron chi connectivity index (χ2n) is 7.08. The van der Waals surface area contributed by atoms with E-state index in [-0.39, 0.29) is 40.5 Å². The van der Waals surface area contributed by atoms with E-state index in [0.717, 1.165) is 6.26 Å². The molecule has 8 nitrogen and oxygen atoms in total. The number of ether oxygens (including phenoxy) is 3. The molecule has 2 unspecified atom stereocenters. The largest absolute Gasteiger partial charge is 0.356 e. The quantitative estimate of drug-likeness (QED) is 0.314. The number of rotatable bonds is 9. The van der Waals surface area contributed by atoms with Crippen LogP contribution in [0.2, 0.25) is 5.02 Å². The van der Waals surface area contributed by atoms with Gasteiger partial charge in [-0.05, 0) is 32.4 Å². The van der Waals surface area contributed by atoms with Crippen molar-refractivity contribution < 1.29 is 37.0 Å². The third-order valence-corrected chi connectivity index (χ3v) is 6.41. The van der Waals surface area contributed by atoms with Crippen molar-refractivity contribution in [3.63, 3.8) is 0 Å². The Balaban J connectivity index is 2.40. The van der Waals surface area contributed by atoms with Crippen LogP contribution in [-0.2, 0) is 40.2 Å². The molecule has 1 aromatic carbocycles. The molecule has 0 aromatic heterocycles. The molecule has 0 N–H and O–H groups in total. The summed E-state index contributed by atoms with van der Waals surface area (Å²) in [5, 5.41) is -0.166. The summed E-state index contributed by atoms with van der Waals surface area (Å²) in [4.78, 5) is 37.1. The van der Waals surface area contributed by atoms with E-state index >= 15 is 0 Å². The van der Waals surface area contributed by atoms with Crippen molar-refractivity contribution in [3.8, 4) is 0 Å². The molecule has 10 heteroatoms. The minimum atomic E-state index is -3.70. The molecule has 0 saturated heterocycles. The van der Waals surface area contributed by atoms with Crippen LogP contribution in [0.25, 0.3) is 0 Å². The first-order valence-electron chi connectivity index (χ1n) is 9.38. The minimum absolute atomic E-state index is 0.0567. The summed E-state index contributed by atoms with van der Waals surface area (Å²) in [6, 6.07) is 2.46. The lowest BCUT2D eigenvalue weighted by atomic mass is 9.81. The number of ketones is 3. The highest BCUT2D eigenvalue weighted by atomic mass is 35.5. The lowest BCUT2D eigenvalue weighted by Crippen LogP contribution is -2.35. The molecule has 1 fully saturated rings. The van der Waals surface area contributed by atoms with Crippen molar-refractivity contribution in [2.24, 2.45) is 5.92 Å². The fourth-order valence-electron chi connectivity index (χ4n) is 3.19. The highest BCUT2D eigenvalue weighted by Crippen LogP contribution is 2.32. The molecule has 1 aliphatic carbocycles. The summed E-state index contributed by atoms with van der Waals surface area (Å²) in [5.74, 6) is -3.03. The summed E-state index contributed by atoms with van der Waals surface area (Å²) in [5.41, 5.74) is -0.0312. The van der Waals surface area contributed by atoms with Gasteiger partial charge in [0.2, 0.25) is 0 Å². The van der Waals surface area contributed by atoms with Crippen LogP contribution in [0.1, 0.15) is 49.0 Å². The Hall–Kier alpha value is -1.65. The van der Waals surface area contributed by atoms with Crippen LogP contribution in [0.4, 0.5) is 0 Å². The van der Waals surface area contributed by atoms with Gasteiger partial charge in [-0.25, -0.2) is 8.42 Å². The van der Waals surface area contributed by atoms with Crippen LogP contribution in [0.5, 0.6) is 0 Å². The number of carbonyl (C=O) groups is 3. The number of hydrogen-bond donors (Lipinski definition) is 0. The molecule has 0 radical (unpaired) electrons. The standard InChI is InChI=1S/C20H25ClO8S/c1-11(27-3)29-12(2)28-10-14-17(30(4,25)26)9-8-13(19(14)21)20(24)18-15(22)6-5-7-16(18)23/h8-9,11-12,18H,5-7,10H2,1-4H3. The topological polar surface area (TPSA) is 113 Å². The second kappa shape index (κ2) is 10.1. The summed E-state index contributed by atoms with van der Waals surface area (Å²) in [7, 11) is -2.24. The van der Waals surface area contributed by atoms with Crippen molar-refractivity contribution in [2.45, 2.75) is 57.2 Å². The Kier molecular flexibility index (Phi) is 8.29. The maximum atomic E-state index is 12.9. The van der Waals surface area contributed by atoms with E-state index in [2.05, 4.69) is 0 Å². The maximum Gasteiger partial charge on any atom is 0.182 e. The SMILES string of the molecule is COC(C)OC(C)OCc1c(S(C)(=O)=O)ccc(C(=O)C2C(=O)CCCC2=O)c1Cl. The van der Waals surface area contributed by atoms with Gasteiger partial charge >= 0.3 is 0 Å². The highest BCUT2D eigenvalue weighted by Gasteiger charge is 2.38. The monoisotopic (exact) mass is 460 g/mol. The molecule has 1 saturated carbocycles. The van der Waals surface area contributed by atoms with Crippen molar-refractivity contribution in [3.05, 3.63) is 28.3 Å². The van der Waals surface area contributed by atoms with E-state index in [1.54, 1.807) is 13.8 Å². The predicted molar refractivity (Wildman–Crippen MR) is 108 cm³/mol. The Labute approximate surface area is 180 Å². The molecule has 0 aliphatic heterocycles. The van der Waals surface area contributed by atoms with E-state index in [9.17, 15) is 22.8 Å². The Morgan fingerprint density at radius 1 is 1.17 bits per heavy atom. The molecule has 0 bridgehead atoms. The first kappa shape index (κ1) is 24.6. The Morgan fingerprint density at radius 3 is 2.30 bits per heavy atom. The number of hydrogen-bond acceptors (Lipinski definition) is 8. The van der Waals surface area contributed by atoms with Gasteiger partial charge in [-0.3, -0.25) is 14.4 Å². The molecule has 30 heavy (non-hydrogen) atoms. The van der Waals surface area contributed by atoms with Gasteiger partial charge in [-0.1, -0.05) is 11.6 Å². The second-order valence-corrected chi connectivity index (χ2v) is 9.44. The molecule has 1 aliphatic rings. The fourth-order valence-corrected chi connectivity index (χ4v) is 4.49. The lowest BCUT2D eigenvalue weighted by Gasteiger charge is -2.21. The van der Waals surface area contributed by atoms with E-state index in [1.165, 1.54) is 19.2 Å². The number of methoxy groups -OCH3 is 1. The van der Waals surface area contributed by atoms with Crippen LogP contribution in [-0.4, -0.2) is 51.7 Å². The molecule has 166 valence electrons. The van der Waals surface area contributed by atoms with Gasteiger partial charge in [0.1, 0.15) is 5.92 Å². The van der Waals surface area contributed by atoms with Gasteiger partial charge < -0.3 is 14.2 Å². The normalized spacial score (nSPS) is 17.8. The van der Waals surface area contributed by atoms with Gasteiger partial charge in [0.25, 0.3) is 0 Å². The van der Waals surface area contributed by atoms with Gasteiger partial charge in [-0.15, -0.1) is 0 Å². The number of sulfone groups is 1. The zero-order valence-corrected chi connectivity index (χ0v) is 18.8. The number of benzene rings is 1. The first-order valence-corrected chi connectivity index (χ1v) is 11.6. The van der Waals surface area contributed by atoms with Crippen molar-refractivity contribution in [2.75, 3.05) is 13.4 Å². The first-order chi connectivity index (χ1) is 14.0. The molecular formula is C20H25ClO8S. The third-order valence-electron chi connectivity index (χ3n) is 4.80. The van der Waals surface area contributed by atoms with E-state index in [1.807, 2.05) is 0 Å². The average molecular weight is 461 g/mol. The average Bonchev–Trinajstić information content (AvgIpc) is 2.65. The molecule has 2 rings (SSSR count). The number of halogens is 1. The van der Waals surface area contributed by atoms with E-state index in [0.29, 0.717) is 6.42 Å². The van der Waals surface area contributed by atoms with Crippen LogP contribution in [0, 0.1) is 5.92 Å². The fraction of sp³-hybridized carbons (Fsp3) is 0.550. The minimum Gasteiger partial charge on any atom is -0.356 e. The van der Waals surface area contributed by atoms with E-state index < -0.39 is 45.7 Å². The van der Waals surface area contributed by atoms with Crippen LogP contribution in [0.3, 0.4) is 0 Å². The van der Waals surface area contributed by atoms with Gasteiger partial charge in [0.05, 0.1) is 16.5 Å². The predicted octanol–water partition coefficient (Wildman–Crippen LogP) is 2.74. The molecule has 0 heterocycles. The smallest absolute Gasteiger partial charge is 0.182 e. The Morgan fingerprint density at radius 2 is 1.77 bits per heavy atom. The molecule has 2 atom stereocenters. The zero-order valence-electron chi connectivity index (χ0n) is 17.3. The Bertz CT molecular complexity index is 924. The molecule has 1 aromatic rings. The summed E-state index contributed by atoms with van der Waals surface area (Å²) in [6.07, 6.45) is 0.391. The summed E-state index contributed by atoms with van der Waals surface area (Å²) < 4.78 is 40.3. The van der Waals surface area contributed by atoms with Gasteiger partial charge in [0, 0.05) is 37.3 Å². The zero-order chi connectivity index (χ0) is 22.6. The van der Waals surface area contributed by atoms with Gasteiger partial charge in [0.15, 0.2) is 39.8 Å². The summed E-state index contributed by atoms with van der Waals surface area (Å²) >= 11 is 6.39. The molecule has 0 spiro atoms. The molecule has 0 amide bonds. The highest BCUT2D eigenvalue weighted by molar-refractivity contribution is 7.90. The molecular weight excluding hydrogens is 436 g/mol. The van der Waals surface area contributed by atoms with Crippen molar-refractivity contribution in [1.82, 2.24) is 0 Å². The van der Waals surface area contributed by atoms with Crippen LogP contribution in [0.15, 0.2) is 17.0 Å². The van der Waals surface area contributed by atoms with Crippen molar-refractivity contribution >= 4 is 38.8 Å². The maximum absolute atomic E-state index is 12.9. The number of carbonyl (C=O) groups excluding carboxylic acids is 3. The summed E-state index contributed by atoms with van der Waals surface area (Å²) in [6.45, 7) is 2.98. The van der Waals surface area contributed by atoms with Crippen molar-refractivity contribution in [1.29, 1.82) is 0 Å². The van der Waals surface area contributed by atoms with Gasteiger partial charge in [-0.2, -0.15) is 0 Å². The van der Waals surface area contributed by atoms with E-state index in [4.69, 9.17) is 25.8 Å². The number of Topliss-reactive ketones (excluding diaryl/α,β-unsaturated/α-hetero) is 3. The lowest BCUT2D eigenvalue weighted by molar-refractivity contribution is -0.227. The third kappa shape index (κ3) is 5.73. The van der Waals surface area contributed by atoms with Crippen LogP contribution < -0.4 is 0 Å². The van der Waals surface area contributed by atoms with Crippen LogP contribution >= 0.6 is 11.6 Å².